The maximum absolute atomic E-state index is 13.0. The summed E-state index contributed by atoms with van der Waals surface area (Å²) in [4.78, 5) is 16.2. The van der Waals surface area contributed by atoms with E-state index < -0.39 is 29.1 Å². The molecular weight excluding hydrogens is 387 g/mol. The summed E-state index contributed by atoms with van der Waals surface area (Å²) in [6.45, 7) is 1.15. The second-order valence-corrected chi connectivity index (χ2v) is 6.02. The van der Waals surface area contributed by atoms with Gasteiger partial charge in [0, 0.05) is 23.6 Å². The van der Waals surface area contributed by atoms with Gasteiger partial charge in [-0.3, -0.25) is 9.89 Å². The van der Waals surface area contributed by atoms with Crippen molar-refractivity contribution in [3.05, 3.63) is 52.1 Å². The normalized spacial score (nSPS) is 11.6. The molecule has 1 amide bonds. The largest absolute Gasteiger partial charge is 0.422 e. The molecule has 0 unspecified atom stereocenters. The molecule has 7 nitrogen and oxygen atoms in total. The first-order chi connectivity index (χ1) is 12.8. The molecule has 0 bridgehead atoms. The van der Waals surface area contributed by atoms with Crippen molar-refractivity contribution in [2.45, 2.75) is 19.5 Å². The minimum absolute atomic E-state index is 0.0329. The minimum Gasteiger partial charge on any atom is -0.350 e. The molecular formula is C16H13ClF3N5O2. The number of aromatic nitrogens is 4. The summed E-state index contributed by atoms with van der Waals surface area (Å²) in [6, 6.07) is 6.90. The van der Waals surface area contributed by atoms with E-state index in [4.69, 9.17) is 11.6 Å². The van der Waals surface area contributed by atoms with Crippen LogP contribution >= 0.6 is 11.6 Å². The Morgan fingerprint density at radius 2 is 2.00 bits per heavy atom. The average molecular weight is 400 g/mol. The van der Waals surface area contributed by atoms with Gasteiger partial charge in [0.25, 0.3) is 5.91 Å². The van der Waals surface area contributed by atoms with E-state index in [-0.39, 0.29) is 13.0 Å². The van der Waals surface area contributed by atoms with Crippen molar-refractivity contribution in [1.29, 1.82) is 0 Å². The van der Waals surface area contributed by atoms with Gasteiger partial charge in [0.1, 0.15) is 11.4 Å². The van der Waals surface area contributed by atoms with Gasteiger partial charge in [-0.05, 0) is 31.2 Å². The third-order valence-electron chi connectivity index (χ3n) is 3.63. The first kappa shape index (κ1) is 18.9. The fourth-order valence-electron chi connectivity index (χ4n) is 2.37. The average Bonchev–Trinajstić information content (AvgIpc) is 3.22. The summed E-state index contributed by atoms with van der Waals surface area (Å²) in [5.41, 5.74) is -0.821. The first-order valence-electron chi connectivity index (χ1n) is 7.74. The number of aryl methyl sites for hydroxylation is 1. The fraction of sp³-hybridized carbons (Fsp3) is 0.250. The number of carbonyl (C=O) groups is 1. The number of rotatable bonds is 5. The molecule has 3 rings (SSSR count). The lowest BCUT2D eigenvalue weighted by atomic mass is 10.2. The van der Waals surface area contributed by atoms with E-state index in [1.54, 1.807) is 24.3 Å². The predicted octanol–water partition coefficient (Wildman–Crippen LogP) is 3.41. The maximum atomic E-state index is 13.0. The zero-order chi connectivity index (χ0) is 19.6. The molecule has 2 heterocycles. The Morgan fingerprint density at radius 1 is 1.30 bits per heavy atom. The van der Waals surface area contributed by atoms with Gasteiger partial charge in [-0.15, -0.1) is 0 Å². The van der Waals surface area contributed by atoms with Crippen LogP contribution in [0.15, 0.2) is 28.8 Å². The number of carbonyl (C=O) groups excluding carboxylic acids is 1. The van der Waals surface area contributed by atoms with Gasteiger partial charge >= 0.3 is 6.18 Å². The van der Waals surface area contributed by atoms with Crippen LogP contribution in [0.5, 0.6) is 0 Å². The molecule has 2 aromatic heterocycles. The van der Waals surface area contributed by atoms with E-state index in [9.17, 15) is 18.0 Å². The summed E-state index contributed by atoms with van der Waals surface area (Å²) in [6.07, 6.45) is -4.49. The predicted molar refractivity (Wildman–Crippen MR) is 89.1 cm³/mol. The third kappa shape index (κ3) is 4.27. The molecule has 0 aliphatic rings. The van der Waals surface area contributed by atoms with Gasteiger partial charge in [-0.25, -0.2) is 4.98 Å². The van der Waals surface area contributed by atoms with Gasteiger partial charge < -0.3 is 9.84 Å². The number of hydrogen-bond donors (Lipinski definition) is 2. The van der Waals surface area contributed by atoms with Crippen LogP contribution in [0, 0.1) is 6.92 Å². The molecule has 2 N–H and O–H groups in total. The molecule has 27 heavy (non-hydrogen) atoms. The van der Waals surface area contributed by atoms with E-state index >= 15 is 0 Å². The van der Waals surface area contributed by atoms with E-state index in [1.807, 2.05) is 0 Å². The lowest BCUT2D eigenvalue weighted by Crippen LogP contribution is -2.27. The van der Waals surface area contributed by atoms with E-state index in [1.165, 1.54) is 0 Å². The van der Waals surface area contributed by atoms with Crippen molar-refractivity contribution in [3.8, 4) is 11.4 Å². The Morgan fingerprint density at radius 3 is 2.67 bits per heavy atom. The smallest absolute Gasteiger partial charge is 0.350 e. The van der Waals surface area contributed by atoms with Gasteiger partial charge in [-0.1, -0.05) is 16.8 Å². The number of hydrogen-bond acceptors (Lipinski definition) is 5. The Bertz CT molecular complexity index is 950. The molecule has 1 aromatic carbocycles. The van der Waals surface area contributed by atoms with Crippen molar-refractivity contribution in [2.75, 3.05) is 6.54 Å². The number of benzene rings is 1. The molecule has 0 aliphatic heterocycles. The van der Waals surface area contributed by atoms with Crippen LogP contribution in [0.1, 0.15) is 27.6 Å². The number of amides is 1. The second-order valence-electron chi connectivity index (χ2n) is 5.59. The topological polar surface area (TPSA) is 96.7 Å². The summed E-state index contributed by atoms with van der Waals surface area (Å²) in [7, 11) is 0. The lowest BCUT2D eigenvalue weighted by Gasteiger charge is -2.06. The maximum Gasteiger partial charge on any atom is 0.422 e. The van der Waals surface area contributed by atoms with E-state index in [0.717, 1.165) is 12.5 Å². The fourth-order valence-corrected chi connectivity index (χ4v) is 2.49. The molecule has 0 atom stereocenters. The van der Waals surface area contributed by atoms with Gasteiger partial charge in [0.15, 0.2) is 5.82 Å². The van der Waals surface area contributed by atoms with Crippen LogP contribution < -0.4 is 5.32 Å². The molecule has 0 spiro atoms. The molecule has 142 valence electrons. The monoisotopic (exact) mass is 399 g/mol. The van der Waals surface area contributed by atoms with Gasteiger partial charge in [-0.2, -0.15) is 18.3 Å². The highest BCUT2D eigenvalue weighted by Crippen LogP contribution is 2.34. The molecule has 0 saturated carbocycles. The molecule has 0 saturated heterocycles. The number of nitrogens with one attached hydrogen (secondary N) is 2. The Labute approximate surface area is 155 Å². The summed E-state index contributed by atoms with van der Waals surface area (Å²) in [5, 5.41) is 12.9. The molecule has 0 fully saturated rings. The van der Waals surface area contributed by atoms with Crippen molar-refractivity contribution < 1.29 is 22.5 Å². The Hall–Kier alpha value is -2.88. The summed E-state index contributed by atoms with van der Waals surface area (Å²) >= 11 is 5.82. The van der Waals surface area contributed by atoms with Crippen LogP contribution in [-0.2, 0) is 12.6 Å². The first-order valence-corrected chi connectivity index (χ1v) is 8.12. The SMILES string of the molecule is Cc1noc(C(=O)NCCc2nc(-c3ccc(Cl)cc3)n[nH]2)c1C(F)(F)F. The van der Waals surface area contributed by atoms with E-state index in [0.29, 0.717) is 16.7 Å². The van der Waals surface area contributed by atoms with Crippen LogP contribution in [-0.4, -0.2) is 32.8 Å². The highest BCUT2D eigenvalue weighted by Gasteiger charge is 2.41. The second kappa shape index (κ2) is 7.39. The standard InChI is InChI=1S/C16H13ClF3N5O2/c1-8-12(16(18,19)20)13(27-25-8)15(26)21-7-6-11-22-14(24-23-11)9-2-4-10(17)5-3-9/h2-5H,6-7H2,1H3,(H,21,26)(H,22,23,24). The molecule has 11 heteroatoms. The zero-order valence-corrected chi connectivity index (χ0v) is 14.6. The van der Waals surface area contributed by atoms with Crippen LogP contribution in [0.3, 0.4) is 0 Å². The number of alkyl halides is 3. The Balaban J connectivity index is 1.61. The third-order valence-corrected chi connectivity index (χ3v) is 3.89. The van der Waals surface area contributed by atoms with Crippen molar-refractivity contribution in [1.82, 2.24) is 25.7 Å². The number of halogens is 4. The van der Waals surface area contributed by atoms with Crippen LogP contribution in [0.25, 0.3) is 11.4 Å². The summed E-state index contributed by atoms with van der Waals surface area (Å²) < 4.78 is 43.4. The van der Waals surface area contributed by atoms with Crippen LogP contribution in [0.4, 0.5) is 13.2 Å². The van der Waals surface area contributed by atoms with Crippen molar-refractivity contribution >= 4 is 17.5 Å². The van der Waals surface area contributed by atoms with Gasteiger partial charge in [0.2, 0.25) is 5.76 Å². The lowest BCUT2D eigenvalue weighted by molar-refractivity contribution is -0.138. The summed E-state index contributed by atoms with van der Waals surface area (Å²) in [5.74, 6) is -0.956. The van der Waals surface area contributed by atoms with Gasteiger partial charge in [0.05, 0.1) is 5.69 Å². The Kier molecular flexibility index (Phi) is 5.17. The highest BCUT2D eigenvalue weighted by atomic mass is 35.5. The molecule has 0 radical (unpaired) electrons. The minimum atomic E-state index is -4.73. The van der Waals surface area contributed by atoms with Crippen molar-refractivity contribution in [3.63, 3.8) is 0 Å². The number of H-pyrrole nitrogens is 1. The highest BCUT2D eigenvalue weighted by molar-refractivity contribution is 6.30. The quantitative estimate of drug-likeness (QED) is 0.685. The zero-order valence-electron chi connectivity index (χ0n) is 13.9. The number of aromatic amines is 1. The molecule has 0 aliphatic carbocycles. The number of nitrogens with zero attached hydrogens (tertiary/aromatic N) is 3. The van der Waals surface area contributed by atoms with Crippen molar-refractivity contribution in [2.24, 2.45) is 0 Å². The molecule has 3 aromatic rings. The van der Waals surface area contributed by atoms with E-state index in [2.05, 4.69) is 30.2 Å². The van der Waals surface area contributed by atoms with Crippen LogP contribution in [0.2, 0.25) is 5.02 Å².